The Kier molecular flexibility index (Phi) is 8.30. The number of aryl methyl sites for hydroxylation is 2. The Labute approximate surface area is 198 Å². The van der Waals surface area contributed by atoms with E-state index in [1.54, 1.807) is 0 Å². The average molecular weight is 441 g/mol. The molecule has 0 saturated heterocycles. The molecule has 33 heavy (non-hydrogen) atoms. The topological polar surface area (TPSA) is 38.9 Å². The van der Waals surface area contributed by atoms with Crippen LogP contribution >= 0.6 is 0 Å². The van der Waals surface area contributed by atoms with Gasteiger partial charge in [-0.2, -0.15) is 0 Å². The van der Waals surface area contributed by atoms with Crippen molar-refractivity contribution in [1.82, 2.24) is 9.97 Å². The summed E-state index contributed by atoms with van der Waals surface area (Å²) in [4.78, 5) is 9.25. The predicted molar refractivity (Wildman–Crippen MR) is 138 cm³/mol. The van der Waals surface area contributed by atoms with Crippen LogP contribution in [0.1, 0.15) is 76.3 Å². The van der Waals surface area contributed by atoms with Crippen molar-refractivity contribution in [2.45, 2.75) is 78.1 Å². The number of aromatic nitrogens is 2. The van der Waals surface area contributed by atoms with Gasteiger partial charge in [-0.25, -0.2) is 9.97 Å². The smallest absolute Gasteiger partial charge is 0.159 e. The average Bonchev–Trinajstić information content (AvgIpc) is 3.29. The van der Waals surface area contributed by atoms with Crippen LogP contribution in [0.4, 0.5) is 0 Å². The van der Waals surface area contributed by atoms with Crippen molar-refractivity contribution < 1.29 is 4.42 Å². The molecule has 0 aliphatic heterocycles. The van der Waals surface area contributed by atoms with Crippen LogP contribution < -0.4 is 0 Å². The highest BCUT2D eigenvalue weighted by Gasteiger charge is 2.09. The van der Waals surface area contributed by atoms with Gasteiger partial charge in [-0.3, -0.25) is 0 Å². The number of nitrogens with zero attached hydrogens (tertiary/aromatic N) is 2. The van der Waals surface area contributed by atoms with E-state index in [1.807, 2.05) is 24.5 Å². The van der Waals surface area contributed by atoms with Gasteiger partial charge in [0.15, 0.2) is 5.82 Å². The summed E-state index contributed by atoms with van der Waals surface area (Å²) in [6.07, 6.45) is 16.4. The Bertz CT molecular complexity index is 1070. The first-order chi connectivity index (χ1) is 16.3. The van der Waals surface area contributed by atoms with Crippen molar-refractivity contribution in [1.29, 1.82) is 0 Å². The second-order valence-electron chi connectivity index (χ2n) is 9.10. The van der Waals surface area contributed by atoms with Crippen LogP contribution in [-0.4, -0.2) is 9.97 Å². The third-order valence-electron chi connectivity index (χ3n) is 6.36. The third-order valence-corrected chi connectivity index (χ3v) is 6.36. The Morgan fingerprint density at radius 2 is 1.27 bits per heavy atom. The number of hydrogen-bond acceptors (Lipinski definition) is 3. The molecule has 2 aromatic heterocycles. The minimum Gasteiger partial charge on any atom is -0.456 e. The summed E-state index contributed by atoms with van der Waals surface area (Å²) in [5, 5.41) is 1.08. The van der Waals surface area contributed by atoms with E-state index in [0.29, 0.717) is 0 Å². The fourth-order valence-electron chi connectivity index (χ4n) is 4.31. The molecular weight excluding hydrogens is 404 g/mol. The zero-order valence-electron chi connectivity index (χ0n) is 20.1. The van der Waals surface area contributed by atoms with Crippen molar-refractivity contribution in [3.8, 4) is 22.7 Å². The van der Waals surface area contributed by atoms with E-state index in [-0.39, 0.29) is 0 Å². The third kappa shape index (κ3) is 6.31. The summed E-state index contributed by atoms with van der Waals surface area (Å²) in [7, 11) is 0. The van der Waals surface area contributed by atoms with Crippen molar-refractivity contribution in [2.75, 3.05) is 0 Å². The first-order valence-corrected chi connectivity index (χ1v) is 12.7. The van der Waals surface area contributed by atoms with Crippen LogP contribution in [0.5, 0.6) is 0 Å². The van der Waals surface area contributed by atoms with Crippen LogP contribution in [0.15, 0.2) is 65.3 Å². The van der Waals surface area contributed by atoms with E-state index in [1.165, 1.54) is 62.5 Å². The highest BCUT2D eigenvalue weighted by molar-refractivity contribution is 5.86. The molecule has 4 aromatic rings. The summed E-state index contributed by atoms with van der Waals surface area (Å²) < 4.78 is 6.14. The van der Waals surface area contributed by atoms with Crippen LogP contribution in [0.25, 0.3) is 33.7 Å². The number of rotatable bonds is 12. The van der Waals surface area contributed by atoms with E-state index in [9.17, 15) is 0 Å². The number of unbranched alkanes of at least 4 members (excludes halogenated alkanes) is 6. The van der Waals surface area contributed by atoms with Crippen LogP contribution in [0.3, 0.4) is 0 Å². The Morgan fingerprint density at radius 3 is 1.94 bits per heavy atom. The van der Waals surface area contributed by atoms with Crippen LogP contribution in [0, 0.1) is 0 Å². The lowest BCUT2D eigenvalue weighted by Gasteiger charge is -2.03. The summed E-state index contributed by atoms with van der Waals surface area (Å²) in [5.74, 6) is 1.67. The van der Waals surface area contributed by atoms with Gasteiger partial charge in [-0.1, -0.05) is 76.6 Å². The molecule has 0 fully saturated rings. The first-order valence-electron chi connectivity index (χ1n) is 12.7. The predicted octanol–water partition coefficient (Wildman–Crippen LogP) is 8.80. The number of fused-ring (bicyclic) bond motifs is 1. The molecule has 0 unspecified atom stereocenters. The fourth-order valence-corrected chi connectivity index (χ4v) is 4.31. The Morgan fingerprint density at radius 1 is 0.636 bits per heavy atom. The van der Waals surface area contributed by atoms with Gasteiger partial charge in [0.25, 0.3) is 0 Å². The Balaban J connectivity index is 1.43. The maximum Gasteiger partial charge on any atom is 0.159 e. The molecule has 0 radical (unpaired) electrons. The molecular formula is C30H36N2O. The van der Waals surface area contributed by atoms with Gasteiger partial charge in [0, 0.05) is 28.9 Å². The molecule has 0 N–H and O–H groups in total. The summed E-state index contributed by atoms with van der Waals surface area (Å²) >= 11 is 0. The number of hydrogen-bond donors (Lipinski definition) is 0. The minimum atomic E-state index is 0.768. The van der Waals surface area contributed by atoms with E-state index in [4.69, 9.17) is 4.42 Å². The lowest BCUT2D eigenvalue weighted by Crippen LogP contribution is -1.93. The largest absolute Gasteiger partial charge is 0.456 e. The zero-order valence-corrected chi connectivity index (χ0v) is 20.1. The molecule has 0 aliphatic rings. The van der Waals surface area contributed by atoms with Gasteiger partial charge in [0.2, 0.25) is 0 Å². The van der Waals surface area contributed by atoms with Gasteiger partial charge in [-0.15, -0.1) is 0 Å². The molecule has 0 saturated carbocycles. The van der Waals surface area contributed by atoms with E-state index >= 15 is 0 Å². The maximum atomic E-state index is 6.14. The fraction of sp³-hybridized carbons (Fsp3) is 0.400. The molecule has 3 heteroatoms. The number of furan rings is 1. The molecule has 4 rings (SSSR count). The summed E-state index contributed by atoms with van der Waals surface area (Å²) in [6.45, 7) is 4.49. The molecule has 0 bridgehead atoms. The van der Waals surface area contributed by atoms with E-state index in [2.05, 4.69) is 60.2 Å². The standard InChI is InChI=1S/C30H36N2O/c1-3-5-7-9-11-23-13-15-25(16-14-23)29-20-27-19-26(17-18-28(27)33-29)30-31-21-24(22-32-30)12-10-8-6-4-2/h13-22H,3-12H2,1-2H3. The van der Waals surface area contributed by atoms with Gasteiger partial charge in [-0.05, 0) is 61.1 Å². The highest BCUT2D eigenvalue weighted by atomic mass is 16.3. The SMILES string of the molecule is CCCCCCc1ccc(-c2cc3cc(-c4ncc(CCCCCC)cn4)ccc3o2)cc1. The van der Waals surface area contributed by atoms with Crippen molar-refractivity contribution in [2.24, 2.45) is 0 Å². The molecule has 0 atom stereocenters. The first kappa shape index (κ1) is 23.2. The zero-order chi connectivity index (χ0) is 22.9. The second-order valence-corrected chi connectivity index (χ2v) is 9.10. The molecule has 2 aromatic carbocycles. The Hall–Kier alpha value is -2.94. The van der Waals surface area contributed by atoms with E-state index in [0.717, 1.165) is 46.5 Å². The molecule has 2 heterocycles. The maximum absolute atomic E-state index is 6.14. The van der Waals surface area contributed by atoms with Crippen LogP contribution in [0.2, 0.25) is 0 Å². The lowest BCUT2D eigenvalue weighted by atomic mass is 10.0. The van der Waals surface area contributed by atoms with Gasteiger partial charge in [0.1, 0.15) is 11.3 Å². The highest BCUT2D eigenvalue weighted by Crippen LogP contribution is 2.30. The van der Waals surface area contributed by atoms with Crippen LogP contribution in [-0.2, 0) is 12.8 Å². The number of benzene rings is 2. The van der Waals surface area contributed by atoms with Crippen molar-refractivity contribution >= 4 is 11.0 Å². The minimum absolute atomic E-state index is 0.768. The summed E-state index contributed by atoms with van der Waals surface area (Å²) in [5.41, 5.74) is 5.66. The van der Waals surface area contributed by atoms with Gasteiger partial charge in [0.05, 0.1) is 0 Å². The quantitative estimate of drug-likeness (QED) is 0.207. The van der Waals surface area contributed by atoms with Crippen molar-refractivity contribution in [3.63, 3.8) is 0 Å². The van der Waals surface area contributed by atoms with Gasteiger partial charge >= 0.3 is 0 Å². The molecule has 172 valence electrons. The monoisotopic (exact) mass is 440 g/mol. The summed E-state index contributed by atoms with van der Waals surface area (Å²) in [6, 6.07) is 17.1. The normalized spacial score (nSPS) is 11.3. The lowest BCUT2D eigenvalue weighted by molar-refractivity contribution is 0.631. The van der Waals surface area contributed by atoms with Gasteiger partial charge < -0.3 is 4.42 Å². The van der Waals surface area contributed by atoms with Crippen molar-refractivity contribution in [3.05, 3.63) is 72.1 Å². The second kappa shape index (κ2) is 11.8. The molecule has 0 amide bonds. The molecule has 3 nitrogen and oxygen atoms in total. The molecule has 0 spiro atoms. The van der Waals surface area contributed by atoms with E-state index < -0.39 is 0 Å². The molecule has 0 aliphatic carbocycles.